The molecule has 0 aliphatic heterocycles. The molecule has 2 bridgehead atoms. The fraction of sp³-hybridized carbons (Fsp3) is 0.600. The van der Waals surface area contributed by atoms with Gasteiger partial charge in [-0.2, -0.15) is 0 Å². The van der Waals surface area contributed by atoms with E-state index in [-0.39, 0.29) is 30.2 Å². The van der Waals surface area contributed by atoms with Gasteiger partial charge >= 0.3 is 0 Å². The van der Waals surface area contributed by atoms with Crippen LogP contribution in [0.2, 0.25) is 0 Å². The van der Waals surface area contributed by atoms with Crippen molar-refractivity contribution in [2.75, 3.05) is 11.9 Å². The molecule has 3 atom stereocenters. The molecule has 3 rings (SSSR count). The first-order valence-corrected chi connectivity index (χ1v) is 9.27. The lowest BCUT2D eigenvalue weighted by atomic mass is 9.86. The molecule has 1 aromatic carbocycles. The number of carbonyl (C=O) groups excluding carboxylic acids is 2. The number of fused-ring (bicyclic) bond motifs is 2. The van der Waals surface area contributed by atoms with Crippen molar-refractivity contribution < 1.29 is 14.0 Å². The van der Waals surface area contributed by atoms with Crippen LogP contribution in [0.4, 0.5) is 10.1 Å². The minimum atomic E-state index is -0.345. The predicted octanol–water partition coefficient (Wildman–Crippen LogP) is 3.83. The Hall–Kier alpha value is -1.91. The number of halogens is 1. The minimum Gasteiger partial charge on any atom is -0.331 e. The van der Waals surface area contributed by atoms with Crippen molar-refractivity contribution in [3.05, 3.63) is 30.1 Å². The van der Waals surface area contributed by atoms with Gasteiger partial charge in [-0.15, -0.1) is 0 Å². The maximum absolute atomic E-state index is 12.9. The molecule has 0 aromatic heterocycles. The van der Waals surface area contributed by atoms with E-state index in [1.807, 2.05) is 13.8 Å². The van der Waals surface area contributed by atoms with Crippen molar-refractivity contribution in [2.24, 2.45) is 17.8 Å². The van der Waals surface area contributed by atoms with Crippen molar-refractivity contribution in [2.45, 2.75) is 52.0 Å². The summed E-state index contributed by atoms with van der Waals surface area (Å²) < 4.78 is 12.9. The first-order chi connectivity index (χ1) is 11.9. The van der Waals surface area contributed by atoms with Gasteiger partial charge in [0.2, 0.25) is 11.8 Å². The lowest BCUT2D eigenvalue weighted by Crippen LogP contribution is -2.43. The molecule has 1 N–H and O–H groups in total. The molecular weight excluding hydrogens is 319 g/mol. The number of carbonyl (C=O) groups is 2. The van der Waals surface area contributed by atoms with E-state index in [1.165, 1.54) is 49.9 Å². The third-order valence-corrected chi connectivity index (χ3v) is 5.71. The van der Waals surface area contributed by atoms with Crippen LogP contribution in [0.15, 0.2) is 24.3 Å². The first-order valence-electron chi connectivity index (χ1n) is 9.27. The maximum atomic E-state index is 12.9. The maximum Gasteiger partial charge on any atom is 0.244 e. The fourth-order valence-electron chi connectivity index (χ4n) is 4.42. The van der Waals surface area contributed by atoms with Gasteiger partial charge in [-0.1, -0.05) is 6.42 Å². The molecule has 136 valence electrons. The number of nitrogens with zero attached hydrogens (tertiary/aromatic N) is 1. The van der Waals surface area contributed by atoms with Gasteiger partial charge in [0.15, 0.2) is 0 Å². The van der Waals surface area contributed by atoms with Crippen molar-refractivity contribution in [3.8, 4) is 0 Å². The van der Waals surface area contributed by atoms with Gasteiger partial charge in [-0.25, -0.2) is 4.39 Å². The highest BCUT2D eigenvalue weighted by Crippen LogP contribution is 2.49. The molecule has 2 amide bonds. The normalized spacial score (nSPS) is 24.6. The Balaban J connectivity index is 1.55. The zero-order valence-corrected chi connectivity index (χ0v) is 15.0. The monoisotopic (exact) mass is 346 g/mol. The number of hydrogen-bond acceptors (Lipinski definition) is 2. The molecule has 5 heteroatoms. The topological polar surface area (TPSA) is 49.4 Å². The summed E-state index contributed by atoms with van der Waals surface area (Å²) in [5, 5.41) is 2.73. The molecule has 2 aliphatic carbocycles. The lowest BCUT2D eigenvalue weighted by Gasteiger charge is -2.29. The van der Waals surface area contributed by atoms with E-state index in [9.17, 15) is 14.0 Å². The number of anilines is 1. The zero-order chi connectivity index (χ0) is 18.0. The van der Waals surface area contributed by atoms with Gasteiger partial charge in [0, 0.05) is 18.2 Å². The minimum absolute atomic E-state index is 0.0231. The van der Waals surface area contributed by atoms with Crippen LogP contribution in [0, 0.1) is 23.6 Å². The first kappa shape index (κ1) is 17.9. The highest BCUT2D eigenvalue weighted by molar-refractivity contribution is 5.94. The summed E-state index contributed by atoms with van der Waals surface area (Å²) in [4.78, 5) is 26.7. The Morgan fingerprint density at radius 2 is 1.92 bits per heavy atom. The zero-order valence-electron chi connectivity index (χ0n) is 15.0. The summed E-state index contributed by atoms with van der Waals surface area (Å²) in [6.45, 7) is 3.91. The lowest BCUT2D eigenvalue weighted by molar-refractivity contribution is -0.137. The molecular formula is C20H27FN2O2. The molecule has 2 aliphatic rings. The van der Waals surface area contributed by atoms with E-state index >= 15 is 0 Å². The largest absolute Gasteiger partial charge is 0.331 e. The smallest absolute Gasteiger partial charge is 0.244 e. The molecule has 0 radical (unpaired) electrons. The SMILES string of the molecule is CC(C)N(CC(=O)Nc1ccc(F)cc1)C(=O)CC1CC2CCC1C2. The van der Waals surface area contributed by atoms with Gasteiger partial charge in [0.1, 0.15) is 12.4 Å². The predicted molar refractivity (Wildman–Crippen MR) is 95.4 cm³/mol. The molecule has 4 nitrogen and oxygen atoms in total. The summed E-state index contributed by atoms with van der Waals surface area (Å²) >= 11 is 0. The second kappa shape index (κ2) is 7.54. The number of hydrogen-bond donors (Lipinski definition) is 1. The molecule has 25 heavy (non-hydrogen) atoms. The average Bonchev–Trinajstić information content (AvgIpc) is 3.17. The summed E-state index contributed by atoms with van der Waals surface area (Å²) in [7, 11) is 0. The fourth-order valence-corrected chi connectivity index (χ4v) is 4.42. The van der Waals surface area contributed by atoms with Gasteiger partial charge in [0.05, 0.1) is 0 Å². The molecule has 0 saturated heterocycles. The number of amides is 2. The Labute approximate surface area is 148 Å². The Kier molecular flexibility index (Phi) is 5.40. The van der Waals surface area contributed by atoms with Crippen LogP contribution in [-0.4, -0.2) is 29.3 Å². The Bertz CT molecular complexity index is 629. The van der Waals surface area contributed by atoms with Crippen LogP contribution in [-0.2, 0) is 9.59 Å². The molecule has 2 fully saturated rings. The number of nitrogens with one attached hydrogen (secondary N) is 1. The third kappa shape index (κ3) is 4.39. The summed E-state index contributed by atoms with van der Waals surface area (Å²) in [6.07, 6.45) is 5.59. The van der Waals surface area contributed by atoms with Gasteiger partial charge in [0.25, 0.3) is 0 Å². The van der Waals surface area contributed by atoms with E-state index in [0.29, 0.717) is 23.9 Å². The van der Waals surface area contributed by atoms with Crippen LogP contribution in [0.1, 0.15) is 46.0 Å². The van der Waals surface area contributed by atoms with Crippen LogP contribution >= 0.6 is 0 Å². The van der Waals surface area contributed by atoms with Crippen LogP contribution in [0.25, 0.3) is 0 Å². The summed E-state index contributed by atoms with van der Waals surface area (Å²) in [5.74, 6) is 1.49. The molecule has 3 unspecified atom stereocenters. The molecule has 0 spiro atoms. The Morgan fingerprint density at radius 1 is 1.20 bits per heavy atom. The van der Waals surface area contributed by atoms with E-state index in [2.05, 4.69) is 5.32 Å². The van der Waals surface area contributed by atoms with Gasteiger partial charge in [-0.05, 0) is 75.1 Å². The number of rotatable bonds is 6. The second-order valence-corrected chi connectivity index (χ2v) is 7.81. The molecule has 2 saturated carbocycles. The van der Waals surface area contributed by atoms with Crippen molar-refractivity contribution in [3.63, 3.8) is 0 Å². The van der Waals surface area contributed by atoms with Crippen molar-refractivity contribution in [1.82, 2.24) is 4.90 Å². The van der Waals surface area contributed by atoms with Crippen LogP contribution in [0.3, 0.4) is 0 Å². The standard InChI is InChI=1S/C20H27FN2O2/c1-13(2)23(12-19(24)22-18-7-5-17(21)6-8-18)20(25)11-16-10-14-3-4-15(16)9-14/h5-8,13-16H,3-4,9-12H2,1-2H3,(H,22,24). The van der Waals surface area contributed by atoms with Crippen LogP contribution < -0.4 is 5.32 Å². The summed E-state index contributed by atoms with van der Waals surface area (Å²) in [5.41, 5.74) is 0.538. The highest BCUT2D eigenvalue weighted by Gasteiger charge is 2.40. The van der Waals surface area contributed by atoms with Gasteiger partial charge in [-0.3, -0.25) is 9.59 Å². The van der Waals surface area contributed by atoms with Crippen LogP contribution in [0.5, 0.6) is 0 Å². The van der Waals surface area contributed by atoms with E-state index < -0.39 is 0 Å². The summed E-state index contributed by atoms with van der Waals surface area (Å²) in [6, 6.07) is 5.62. The number of benzene rings is 1. The quantitative estimate of drug-likeness (QED) is 0.851. The second-order valence-electron chi connectivity index (χ2n) is 7.81. The van der Waals surface area contributed by atoms with Gasteiger partial charge < -0.3 is 10.2 Å². The van der Waals surface area contributed by atoms with E-state index in [1.54, 1.807) is 4.90 Å². The molecule has 0 heterocycles. The highest BCUT2D eigenvalue weighted by atomic mass is 19.1. The average molecular weight is 346 g/mol. The van der Waals surface area contributed by atoms with E-state index in [0.717, 1.165) is 5.92 Å². The van der Waals surface area contributed by atoms with E-state index in [4.69, 9.17) is 0 Å². The van der Waals surface area contributed by atoms with Crippen molar-refractivity contribution >= 4 is 17.5 Å². The molecule has 1 aromatic rings. The third-order valence-electron chi connectivity index (χ3n) is 5.71. The Morgan fingerprint density at radius 3 is 2.48 bits per heavy atom. The van der Waals surface area contributed by atoms with Crippen molar-refractivity contribution in [1.29, 1.82) is 0 Å².